The number of non-ortho nitro benzene ring substituents is 1. The lowest BCUT2D eigenvalue weighted by Gasteiger charge is -2.10. The minimum absolute atomic E-state index is 0.0921. The zero-order valence-corrected chi connectivity index (χ0v) is 16.5. The predicted molar refractivity (Wildman–Crippen MR) is 110 cm³/mol. The topological polar surface area (TPSA) is 142 Å². The van der Waals surface area contributed by atoms with Crippen LogP contribution in [0.5, 0.6) is 11.6 Å². The molecule has 4 aromatic rings. The van der Waals surface area contributed by atoms with Crippen LogP contribution in [0.2, 0.25) is 0 Å². The zero-order chi connectivity index (χ0) is 21.8. The van der Waals surface area contributed by atoms with Gasteiger partial charge < -0.3 is 4.74 Å². The number of nitro groups is 1. The molecular weight excluding hydrogens is 424 g/mol. The largest absolute Gasteiger partial charge is 0.439 e. The van der Waals surface area contributed by atoms with Crippen LogP contribution in [0.1, 0.15) is 0 Å². The molecule has 0 aliphatic rings. The third kappa shape index (κ3) is 4.64. The average Bonchev–Trinajstić information content (AvgIpc) is 3.30. The number of rotatable bonds is 7. The van der Waals surface area contributed by atoms with Crippen LogP contribution in [0.25, 0.3) is 5.82 Å². The molecule has 156 valence electrons. The second kappa shape index (κ2) is 8.20. The summed E-state index contributed by atoms with van der Waals surface area (Å²) < 4.78 is 34.6. The number of ether oxygens (including phenoxy) is 1. The number of nitrogens with zero attached hydrogens (tertiary/aromatic N) is 5. The number of nitrogens with one attached hydrogen (secondary N) is 1. The van der Waals surface area contributed by atoms with Crippen molar-refractivity contribution in [3.05, 3.63) is 89.5 Å². The maximum absolute atomic E-state index is 12.5. The van der Waals surface area contributed by atoms with E-state index in [1.165, 1.54) is 30.6 Å². The Kier molecular flexibility index (Phi) is 5.28. The second-order valence-corrected chi connectivity index (χ2v) is 7.83. The molecule has 0 radical (unpaired) electrons. The summed E-state index contributed by atoms with van der Waals surface area (Å²) in [5, 5.41) is 14.8. The van der Waals surface area contributed by atoms with Crippen LogP contribution in [-0.4, -0.2) is 33.1 Å². The third-order valence-corrected chi connectivity index (χ3v) is 5.45. The van der Waals surface area contributed by atoms with E-state index in [4.69, 9.17) is 4.74 Å². The number of hydrogen-bond donors (Lipinski definition) is 1. The van der Waals surface area contributed by atoms with E-state index in [2.05, 4.69) is 19.8 Å². The van der Waals surface area contributed by atoms with Gasteiger partial charge in [0.15, 0.2) is 5.82 Å². The van der Waals surface area contributed by atoms with Gasteiger partial charge in [-0.3, -0.25) is 14.8 Å². The van der Waals surface area contributed by atoms with E-state index >= 15 is 0 Å². The first kappa shape index (κ1) is 20.0. The molecule has 0 amide bonds. The summed E-state index contributed by atoms with van der Waals surface area (Å²) in [6.07, 6.45) is 4.70. The Morgan fingerprint density at radius 2 is 1.77 bits per heavy atom. The Labute approximate surface area is 176 Å². The lowest BCUT2D eigenvalue weighted by molar-refractivity contribution is -0.384. The zero-order valence-electron chi connectivity index (χ0n) is 15.7. The quantitative estimate of drug-likeness (QED) is 0.342. The summed E-state index contributed by atoms with van der Waals surface area (Å²) in [5.74, 6) is 1.26. The van der Waals surface area contributed by atoms with E-state index in [-0.39, 0.29) is 10.6 Å². The summed E-state index contributed by atoms with van der Waals surface area (Å²) in [7, 11) is -3.90. The monoisotopic (exact) mass is 438 g/mol. The number of benzene rings is 2. The van der Waals surface area contributed by atoms with E-state index in [9.17, 15) is 18.5 Å². The van der Waals surface area contributed by atoms with Gasteiger partial charge >= 0.3 is 0 Å². The van der Waals surface area contributed by atoms with Crippen LogP contribution in [-0.2, 0) is 10.0 Å². The molecule has 0 saturated heterocycles. The van der Waals surface area contributed by atoms with Gasteiger partial charge in [0.1, 0.15) is 12.1 Å². The van der Waals surface area contributed by atoms with Crippen LogP contribution in [0.3, 0.4) is 0 Å². The number of sulfonamides is 1. The molecule has 0 aliphatic heterocycles. The summed E-state index contributed by atoms with van der Waals surface area (Å²) >= 11 is 0. The molecule has 12 heteroatoms. The molecule has 0 bridgehead atoms. The van der Waals surface area contributed by atoms with E-state index < -0.39 is 14.9 Å². The molecular formula is C19H14N6O5S. The Balaban J connectivity index is 1.46. The van der Waals surface area contributed by atoms with Gasteiger partial charge in [-0.2, -0.15) is 5.10 Å². The normalized spacial score (nSPS) is 11.1. The van der Waals surface area contributed by atoms with Crippen molar-refractivity contribution < 1.29 is 18.1 Å². The van der Waals surface area contributed by atoms with Crippen molar-refractivity contribution in [3.63, 3.8) is 0 Å². The average molecular weight is 438 g/mol. The highest BCUT2D eigenvalue weighted by Gasteiger charge is 2.16. The summed E-state index contributed by atoms with van der Waals surface area (Å²) in [5.41, 5.74) is 0.103. The second-order valence-electron chi connectivity index (χ2n) is 6.15. The van der Waals surface area contributed by atoms with Crippen molar-refractivity contribution in [2.45, 2.75) is 4.90 Å². The third-order valence-electron chi connectivity index (χ3n) is 4.05. The molecule has 2 aromatic heterocycles. The highest BCUT2D eigenvalue weighted by atomic mass is 32.2. The van der Waals surface area contributed by atoms with Gasteiger partial charge in [0.2, 0.25) is 5.88 Å². The standard InChI is InChI=1S/C19H14N6O5S/c26-25(27)15-4-8-17(9-5-15)31(28,29)23-14-2-6-16(7-3-14)30-19-12-18(20-13-21-19)24-11-1-10-22-24/h1-13,23H. The Morgan fingerprint density at radius 3 is 2.42 bits per heavy atom. The smallest absolute Gasteiger partial charge is 0.269 e. The summed E-state index contributed by atoms with van der Waals surface area (Å²) in [4.78, 5) is 18.2. The van der Waals surface area contributed by atoms with Crippen molar-refractivity contribution in [1.82, 2.24) is 19.7 Å². The van der Waals surface area contributed by atoms with Gasteiger partial charge in [-0.1, -0.05) is 0 Å². The fourth-order valence-corrected chi connectivity index (χ4v) is 3.65. The molecule has 1 N–H and O–H groups in total. The van der Waals surface area contributed by atoms with Crippen LogP contribution >= 0.6 is 0 Å². The van der Waals surface area contributed by atoms with Crippen molar-refractivity contribution in [2.75, 3.05) is 4.72 Å². The van der Waals surface area contributed by atoms with Crippen LogP contribution in [0.15, 0.2) is 84.3 Å². The molecule has 0 atom stereocenters. The first-order chi connectivity index (χ1) is 14.9. The van der Waals surface area contributed by atoms with E-state index in [0.29, 0.717) is 23.1 Å². The van der Waals surface area contributed by atoms with E-state index in [1.54, 1.807) is 41.3 Å². The molecule has 0 saturated carbocycles. The van der Waals surface area contributed by atoms with Gasteiger partial charge in [0.25, 0.3) is 15.7 Å². The van der Waals surface area contributed by atoms with Gasteiger partial charge in [-0.05, 0) is 42.5 Å². The van der Waals surface area contributed by atoms with Gasteiger partial charge in [0, 0.05) is 36.3 Å². The molecule has 0 aliphatic carbocycles. The number of anilines is 1. The number of nitro benzene ring substituents is 1. The first-order valence-corrected chi connectivity index (χ1v) is 10.3. The van der Waals surface area contributed by atoms with E-state index in [0.717, 1.165) is 12.1 Å². The maximum Gasteiger partial charge on any atom is 0.269 e. The molecule has 4 rings (SSSR count). The van der Waals surface area contributed by atoms with Crippen LogP contribution in [0, 0.1) is 10.1 Å². The number of hydrogen-bond acceptors (Lipinski definition) is 8. The van der Waals surface area contributed by atoms with Crippen molar-refractivity contribution in [1.29, 1.82) is 0 Å². The van der Waals surface area contributed by atoms with Crippen LogP contribution < -0.4 is 9.46 Å². The molecule has 2 aromatic carbocycles. The number of aromatic nitrogens is 4. The Morgan fingerprint density at radius 1 is 1.03 bits per heavy atom. The van der Waals surface area contributed by atoms with Crippen molar-refractivity contribution in [2.24, 2.45) is 0 Å². The van der Waals surface area contributed by atoms with Gasteiger partial charge in [-0.15, -0.1) is 0 Å². The highest BCUT2D eigenvalue weighted by Crippen LogP contribution is 2.24. The summed E-state index contributed by atoms with van der Waals surface area (Å²) in [6, 6.07) is 14.2. The predicted octanol–water partition coefficient (Wildman–Crippen LogP) is 3.16. The molecule has 0 fully saturated rings. The minimum atomic E-state index is -3.90. The van der Waals surface area contributed by atoms with E-state index in [1.807, 2.05) is 0 Å². The maximum atomic E-state index is 12.5. The molecule has 11 nitrogen and oxygen atoms in total. The molecule has 2 heterocycles. The lowest BCUT2D eigenvalue weighted by Crippen LogP contribution is -2.12. The lowest BCUT2D eigenvalue weighted by atomic mass is 10.3. The molecule has 0 unspecified atom stereocenters. The SMILES string of the molecule is O=[N+]([O-])c1ccc(S(=O)(=O)Nc2ccc(Oc3cc(-n4cccn4)ncn3)cc2)cc1. The van der Waals surface area contributed by atoms with Crippen LogP contribution in [0.4, 0.5) is 11.4 Å². The van der Waals surface area contributed by atoms with Crippen molar-refractivity contribution >= 4 is 21.4 Å². The minimum Gasteiger partial charge on any atom is -0.439 e. The van der Waals surface area contributed by atoms with Gasteiger partial charge in [0.05, 0.1) is 9.82 Å². The van der Waals surface area contributed by atoms with Crippen molar-refractivity contribution in [3.8, 4) is 17.4 Å². The fraction of sp³-hybridized carbons (Fsp3) is 0. The van der Waals surface area contributed by atoms with Gasteiger partial charge in [-0.25, -0.2) is 23.1 Å². The Hall–Kier alpha value is -4.32. The molecule has 31 heavy (non-hydrogen) atoms. The summed E-state index contributed by atoms with van der Waals surface area (Å²) in [6.45, 7) is 0. The first-order valence-electron chi connectivity index (χ1n) is 8.78. The Bertz CT molecular complexity index is 1310. The fourth-order valence-electron chi connectivity index (χ4n) is 2.59. The molecule has 0 spiro atoms. The highest BCUT2D eigenvalue weighted by molar-refractivity contribution is 7.92.